The molecular weight excluding hydrogens is 478 g/mol. The summed E-state index contributed by atoms with van der Waals surface area (Å²) in [6, 6.07) is 17.7. The number of para-hydroxylation sites is 2. The van der Waals surface area contributed by atoms with Gasteiger partial charge in [-0.1, -0.05) is 50.2 Å². The zero-order chi connectivity index (χ0) is 26.7. The van der Waals surface area contributed by atoms with Gasteiger partial charge in [-0.3, -0.25) is 9.59 Å². The highest BCUT2D eigenvalue weighted by Gasteiger charge is 2.54. The number of urea groups is 1. The van der Waals surface area contributed by atoms with Crippen LogP contribution >= 0.6 is 0 Å². The molecule has 1 N–H and O–H groups in total. The zero-order valence-corrected chi connectivity index (χ0v) is 22.6. The fourth-order valence-corrected chi connectivity index (χ4v) is 6.07. The minimum Gasteiger partial charge on any atom is -0.341 e. The first-order chi connectivity index (χ1) is 18.4. The van der Waals surface area contributed by atoms with Crippen molar-refractivity contribution in [1.82, 2.24) is 14.7 Å². The summed E-state index contributed by atoms with van der Waals surface area (Å²) in [5.41, 5.74) is 2.15. The first-order valence-corrected chi connectivity index (χ1v) is 13.9. The molecule has 202 valence electrons. The number of rotatable bonds is 5. The molecule has 3 heterocycles. The van der Waals surface area contributed by atoms with E-state index in [1.807, 2.05) is 59.5 Å². The smallest absolute Gasteiger partial charge is 0.321 e. The molecule has 3 aliphatic rings. The molecule has 0 atom stereocenters. The summed E-state index contributed by atoms with van der Waals surface area (Å²) in [6.07, 6.45) is 3.91. The number of carbonyl (C=O) groups excluding carboxylic acids is 3. The molecule has 3 aliphatic heterocycles. The zero-order valence-electron chi connectivity index (χ0n) is 22.6. The second kappa shape index (κ2) is 11.1. The number of carbonyl (C=O) groups is 3. The van der Waals surface area contributed by atoms with Gasteiger partial charge in [0.1, 0.15) is 12.1 Å². The van der Waals surface area contributed by atoms with Crippen LogP contribution in [-0.2, 0) is 16.0 Å². The van der Waals surface area contributed by atoms with Crippen molar-refractivity contribution < 1.29 is 14.4 Å². The fraction of sp³-hybridized carbons (Fsp3) is 0.500. The van der Waals surface area contributed by atoms with Crippen LogP contribution in [0, 0.1) is 5.92 Å². The Kier molecular flexibility index (Phi) is 7.58. The average molecular weight is 518 g/mol. The molecule has 3 fully saturated rings. The number of nitrogens with one attached hydrogen (secondary N) is 1. The maximum absolute atomic E-state index is 14.0. The first-order valence-electron chi connectivity index (χ1n) is 13.9. The quantitative estimate of drug-likeness (QED) is 0.646. The molecule has 0 aliphatic carbocycles. The number of likely N-dealkylation sites (tertiary alicyclic amines) is 2. The van der Waals surface area contributed by atoms with Gasteiger partial charge in [-0.25, -0.2) is 4.79 Å². The van der Waals surface area contributed by atoms with Crippen LogP contribution in [0.3, 0.4) is 0 Å². The van der Waals surface area contributed by atoms with Crippen molar-refractivity contribution in [1.29, 1.82) is 0 Å². The lowest BCUT2D eigenvalue weighted by Gasteiger charge is -2.43. The fourth-order valence-electron chi connectivity index (χ4n) is 6.07. The Balaban J connectivity index is 1.30. The van der Waals surface area contributed by atoms with E-state index in [4.69, 9.17) is 0 Å². The number of hydrogen-bond acceptors (Lipinski definition) is 4. The van der Waals surface area contributed by atoms with Gasteiger partial charge in [0.25, 0.3) is 5.91 Å². The number of nitrogens with zero attached hydrogens (tertiary/aromatic N) is 4. The summed E-state index contributed by atoms with van der Waals surface area (Å²) < 4.78 is 0. The van der Waals surface area contributed by atoms with Gasteiger partial charge in [0.05, 0.1) is 6.67 Å². The first kappa shape index (κ1) is 26.1. The van der Waals surface area contributed by atoms with Crippen LogP contribution in [0.1, 0.15) is 45.1 Å². The second-order valence-electron chi connectivity index (χ2n) is 10.9. The lowest BCUT2D eigenvalue weighted by atomic mass is 9.85. The maximum atomic E-state index is 14.0. The number of aryl methyl sites for hydroxylation is 1. The second-order valence-corrected chi connectivity index (χ2v) is 10.9. The topological polar surface area (TPSA) is 76.2 Å². The number of benzene rings is 2. The highest BCUT2D eigenvalue weighted by molar-refractivity contribution is 5.97. The SMILES string of the molecule is CCc1ccccc1NC(=O)N1CCC2(CC1)C(=O)N(CC(=O)N1CCC(C)CC1)CN2c1ccccc1. The van der Waals surface area contributed by atoms with Gasteiger partial charge >= 0.3 is 6.03 Å². The maximum Gasteiger partial charge on any atom is 0.321 e. The van der Waals surface area contributed by atoms with Crippen LogP contribution in [0.4, 0.5) is 16.2 Å². The highest BCUT2D eigenvalue weighted by atomic mass is 16.2. The van der Waals surface area contributed by atoms with E-state index < -0.39 is 5.54 Å². The van der Waals surface area contributed by atoms with E-state index >= 15 is 0 Å². The highest BCUT2D eigenvalue weighted by Crippen LogP contribution is 2.39. The van der Waals surface area contributed by atoms with E-state index in [-0.39, 0.29) is 24.4 Å². The third-order valence-corrected chi connectivity index (χ3v) is 8.56. The monoisotopic (exact) mass is 517 g/mol. The van der Waals surface area contributed by atoms with Crippen LogP contribution in [0.2, 0.25) is 0 Å². The molecule has 38 heavy (non-hydrogen) atoms. The summed E-state index contributed by atoms with van der Waals surface area (Å²) in [5.74, 6) is 0.667. The van der Waals surface area contributed by atoms with Gasteiger partial charge in [0.2, 0.25) is 5.91 Å². The lowest BCUT2D eigenvalue weighted by Crippen LogP contribution is -2.58. The molecule has 5 rings (SSSR count). The number of anilines is 2. The number of hydrogen-bond donors (Lipinski definition) is 1. The van der Waals surface area contributed by atoms with E-state index in [0.717, 1.165) is 49.3 Å². The standard InChI is InChI=1S/C30H39N5O3/c1-3-24-9-7-8-12-26(24)31-29(38)33-19-15-30(16-20-33)28(37)34(22-35(30)25-10-5-4-6-11-25)21-27(36)32-17-13-23(2)14-18-32/h4-12,23H,3,13-22H2,1-2H3,(H,31,38). The third-order valence-electron chi connectivity index (χ3n) is 8.56. The Labute approximate surface area is 225 Å². The minimum absolute atomic E-state index is 0.00327. The van der Waals surface area contributed by atoms with Crippen molar-refractivity contribution in [2.45, 2.75) is 51.5 Å². The molecule has 8 heteroatoms. The Bertz CT molecular complexity index is 1150. The predicted octanol–water partition coefficient (Wildman–Crippen LogP) is 4.18. The summed E-state index contributed by atoms with van der Waals surface area (Å²) in [5, 5.41) is 3.07. The van der Waals surface area contributed by atoms with Crippen molar-refractivity contribution in [3.8, 4) is 0 Å². The Hall–Kier alpha value is -3.55. The Morgan fingerprint density at radius 3 is 2.26 bits per heavy atom. The number of amides is 4. The van der Waals surface area contributed by atoms with E-state index in [2.05, 4.69) is 24.1 Å². The summed E-state index contributed by atoms with van der Waals surface area (Å²) in [7, 11) is 0. The van der Waals surface area contributed by atoms with Crippen molar-refractivity contribution >= 4 is 29.2 Å². The molecule has 0 aromatic heterocycles. The molecule has 1 spiro atoms. The molecule has 0 saturated carbocycles. The summed E-state index contributed by atoms with van der Waals surface area (Å²) >= 11 is 0. The predicted molar refractivity (Wildman–Crippen MR) is 149 cm³/mol. The molecular formula is C30H39N5O3. The van der Waals surface area contributed by atoms with E-state index in [9.17, 15) is 14.4 Å². The van der Waals surface area contributed by atoms with Crippen LogP contribution in [0.25, 0.3) is 0 Å². The van der Waals surface area contributed by atoms with Gasteiger partial charge in [-0.15, -0.1) is 0 Å². The average Bonchev–Trinajstić information content (AvgIpc) is 3.20. The van der Waals surface area contributed by atoms with Crippen LogP contribution in [-0.4, -0.2) is 77.5 Å². The van der Waals surface area contributed by atoms with Gasteiger partial charge in [-0.05, 0) is 61.8 Å². The number of piperidine rings is 2. The van der Waals surface area contributed by atoms with Crippen molar-refractivity contribution in [3.63, 3.8) is 0 Å². The summed E-state index contributed by atoms with van der Waals surface area (Å²) in [4.78, 5) is 47.8. The summed E-state index contributed by atoms with van der Waals surface area (Å²) in [6.45, 7) is 7.26. The molecule has 0 bridgehead atoms. The molecule has 4 amide bonds. The van der Waals surface area contributed by atoms with Crippen molar-refractivity contribution in [3.05, 3.63) is 60.2 Å². The van der Waals surface area contributed by atoms with Crippen molar-refractivity contribution in [2.75, 3.05) is 49.6 Å². The van der Waals surface area contributed by atoms with E-state index in [1.54, 1.807) is 9.80 Å². The largest absolute Gasteiger partial charge is 0.341 e. The van der Waals surface area contributed by atoms with Gasteiger partial charge in [0.15, 0.2) is 0 Å². The third kappa shape index (κ3) is 5.08. The molecule has 0 unspecified atom stereocenters. The van der Waals surface area contributed by atoms with E-state index in [0.29, 0.717) is 38.5 Å². The molecule has 2 aromatic carbocycles. The van der Waals surface area contributed by atoms with Crippen molar-refractivity contribution in [2.24, 2.45) is 5.92 Å². The van der Waals surface area contributed by atoms with Crippen LogP contribution in [0.15, 0.2) is 54.6 Å². The van der Waals surface area contributed by atoms with Crippen LogP contribution in [0.5, 0.6) is 0 Å². The Morgan fingerprint density at radius 2 is 1.58 bits per heavy atom. The molecule has 8 nitrogen and oxygen atoms in total. The molecule has 2 aromatic rings. The van der Waals surface area contributed by atoms with E-state index in [1.165, 1.54) is 0 Å². The van der Waals surface area contributed by atoms with Crippen LogP contribution < -0.4 is 10.2 Å². The van der Waals surface area contributed by atoms with Gasteiger partial charge < -0.3 is 24.9 Å². The minimum atomic E-state index is -0.754. The molecule has 3 saturated heterocycles. The lowest BCUT2D eigenvalue weighted by molar-refractivity contribution is -0.141. The molecule has 0 radical (unpaired) electrons. The Morgan fingerprint density at radius 1 is 0.921 bits per heavy atom. The normalized spacial score (nSPS) is 19.8. The van der Waals surface area contributed by atoms with Gasteiger partial charge in [-0.2, -0.15) is 0 Å². The van der Waals surface area contributed by atoms with Gasteiger partial charge in [0, 0.05) is 37.6 Å².